The second kappa shape index (κ2) is 9.42. The van der Waals surface area contributed by atoms with Crippen molar-refractivity contribution in [3.63, 3.8) is 0 Å². The van der Waals surface area contributed by atoms with Crippen LogP contribution >= 0.6 is 0 Å². The molecule has 41 heavy (non-hydrogen) atoms. The lowest BCUT2D eigenvalue weighted by molar-refractivity contribution is 0.107. The normalized spacial score (nSPS) is 24.0. The van der Waals surface area contributed by atoms with Crippen LogP contribution in [0.2, 0.25) is 0 Å². The highest BCUT2D eigenvalue weighted by molar-refractivity contribution is 6.02. The van der Waals surface area contributed by atoms with Crippen molar-refractivity contribution in [1.29, 1.82) is 0 Å². The lowest BCUT2D eigenvalue weighted by Crippen LogP contribution is -2.47. The number of phenols is 1. The monoisotopic (exact) mass is 558 g/mol. The summed E-state index contributed by atoms with van der Waals surface area (Å²) >= 11 is 0. The molecule has 4 aromatic rings. The minimum Gasteiger partial charge on any atom is -0.508 e. The number of phenolic OH excluding ortho intramolecular Hbond substituents is 1. The summed E-state index contributed by atoms with van der Waals surface area (Å²) in [5, 5.41) is 11.5. The van der Waals surface area contributed by atoms with Crippen LogP contribution in [0, 0.1) is 18.2 Å². The molecular weight excluding hydrogens is 530 g/mol. The van der Waals surface area contributed by atoms with Gasteiger partial charge in [0.05, 0.1) is 16.6 Å². The Morgan fingerprint density at radius 2 is 2.10 bits per heavy atom. The maximum atomic E-state index is 14.7. The summed E-state index contributed by atoms with van der Waals surface area (Å²) < 4.78 is 40.9. The molecule has 0 spiro atoms. The average Bonchev–Trinajstić information content (AvgIpc) is 3.46. The Kier molecular flexibility index (Phi) is 5.91. The molecule has 0 aliphatic carbocycles. The number of alkyl halides is 1. The van der Waals surface area contributed by atoms with E-state index in [1.807, 2.05) is 11.8 Å². The van der Waals surface area contributed by atoms with Crippen molar-refractivity contribution < 1.29 is 23.0 Å². The van der Waals surface area contributed by atoms with Crippen molar-refractivity contribution in [2.45, 2.75) is 50.4 Å². The molecule has 3 atom stereocenters. The molecule has 0 amide bonds. The molecule has 3 aliphatic heterocycles. The fourth-order valence-corrected chi connectivity index (χ4v) is 6.69. The molecule has 3 saturated heterocycles. The van der Waals surface area contributed by atoms with Crippen molar-refractivity contribution >= 4 is 27.5 Å². The van der Waals surface area contributed by atoms with E-state index in [9.17, 15) is 18.7 Å². The van der Waals surface area contributed by atoms with Gasteiger partial charge in [0.2, 0.25) is 0 Å². The van der Waals surface area contributed by atoms with Crippen LogP contribution in [0.5, 0.6) is 11.8 Å². The lowest BCUT2D eigenvalue weighted by atomic mass is 9.95. The van der Waals surface area contributed by atoms with E-state index >= 15 is 0 Å². The lowest BCUT2D eigenvalue weighted by Gasteiger charge is -2.40. The Balaban J connectivity index is 1.38. The van der Waals surface area contributed by atoms with Gasteiger partial charge in [0, 0.05) is 42.6 Å². The Hall–Kier alpha value is -4.23. The van der Waals surface area contributed by atoms with E-state index in [4.69, 9.17) is 15.6 Å². The number of aromatic nitrogens is 2. The fraction of sp³-hybridized carbons (Fsp3) is 0.387. The number of hydrogen-bond donors (Lipinski definition) is 1. The molecule has 3 fully saturated rings. The Morgan fingerprint density at radius 1 is 1.24 bits per heavy atom. The first-order chi connectivity index (χ1) is 19.8. The van der Waals surface area contributed by atoms with Crippen molar-refractivity contribution in [2.75, 3.05) is 31.1 Å². The van der Waals surface area contributed by atoms with Crippen LogP contribution in [-0.4, -0.2) is 64.0 Å². The van der Waals surface area contributed by atoms with Crippen LogP contribution < -0.4 is 15.3 Å². The third kappa shape index (κ3) is 4.10. The minimum atomic E-state index is -0.893. The summed E-state index contributed by atoms with van der Waals surface area (Å²) in [6, 6.07) is 7.38. The Labute approximate surface area is 234 Å². The van der Waals surface area contributed by atoms with Crippen molar-refractivity contribution in [1.82, 2.24) is 14.9 Å². The molecule has 5 heterocycles. The molecule has 1 N–H and O–H groups in total. The number of ether oxygens (including phenoxy) is 1. The zero-order valence-electron chi connectivity index (χ0n) is 22.5. The van der Waals surface area contributed by atoms with Gasteiger partial charge in [-0.05, 0) is 56.3 Å². The molecule has 8 nitrogen and oxygen atoms in total. The van der Waals surface area contributed by atoms with E-state index < -0.39 is 17.6 Å². The van der Waals surface area contributed by atoms with Gasteiger partial charge in [0.25, 0.3) is 0 Å². The fourth-order valence-electron chi connectivity index (χ4n) is 6.69. The summed E-state index contributed by atoms with van der Waals surface area (Å²) in [4.78, 5) is 26.9. The molecule has 1 unspecified atom stereocenters. The maximum Gasteiger partial charge on any atom is 0.349 e. The summed E-state index contributed by atoms with van der Waals surface area (Å²) in [7, 11) is 0. The third-order valence-electron chi connectivity index (χ3n) is 8.86. The molecule has 3 aliphatic rings. The highest BCUT2D eigenvalue weighted by atomic mass is 19.1. The Morgan fingerprint density at radius 3 is 2.85 bits per heavy atom. The smallest absolute Gasteiger partial charge is 0.349 e. The first-order valence-electron chi connectivity index (χ1n) is 13.8. The zero-order chi connectivity index (χ0) is 28.5. The van der Waals surface area contributed by atoms with Crippen LogP contribution in [0.3, 0.4) is 0 Å². The number of anilines is 1. The predicted octanol–water partition coefficient (Wildman–Crippen LogP) is 4.78. The topological polar surface area (TPSA) is 91.9 Å². The van der Waals surface area contributed by atoms with Gasteiger partial charge in [-0.3, -0.25) is 4.90 Å². The van der Waals surface area contributed by atoms with Gasteiger partial charge in [-0.2, -0.15) is 9.97 Å². The number of terminal acetylenes is 1. The van der Waals surface area contributed by atoms with Gasteiger partial charge in [0.1, 0.15) is 35.5 Å². The zero-order valence-corrected chi connectivity index (χ0v) is 22.5. The first kappa shape index (κ1) is 25.7. The largest absolute Gasteiger partial charge is 0.508 e. The van der Waals surface area contributed by atoms with Gasteiger partial charge in [0.15, 0.2) is 5.82 Å². The number of halogens is 2. The molecule has 210 valence electrons. The van der Waals surface area contributed by atoms with E-state index in [-0.39, 0.29) is 57.7 Å². The summed E-state index contributed by atoms with van der Waals surface area (Å²) in [5.41, 5.74) is -0.540. The number of benzene rings is 2. The number of rotatable bonds is 5. The maximum absolute atomic E-state index is 14.7. The second-order valence-corrected chi connectivity index (χ2v) is 11.3. The first-order valence-corrected chi connectivity index (χ1v) is 13.8. The number of nitrogens with zero attached hydrogens (tertiary/aromatic N) is 4. The third-order valence-corrected chi connectivity index (χ3v) is 8.86. The van der Waals surface area contributed by atoms with E-state index in [1.165, 1.54) is 24.3 Å². The van der Waals surface area contributed by atoms with Crippen LogP contribution in [0.25, 0.3) is 33.0 Å². The molecule has 0 saturated carbocycles. The van der Waals surface area contributed by atoms with Crippen molar-refractivity contribution in [2.24, 2.45) is 0 Å². The standard InChI is InChI=1S/C31H28F2N4O4/c1-3-21-23(33)6-5-18-11-20(38)12-22(26(18)21)25-13-24-27(29(39)41-25)28(37-10-7-17(37)2)35-30(34-24)40-16-31-8-4-9-36(31)15-19(32)14-31/h1,5-6,11-13,17,19,38H,4,7-10,14-16H2,2H3/t17-,19?,31+/m1/s1. The van der Waals surface area contributed by atoms with Crippen LogP contribution in [0.4, 0.5) is 14.6 Å². The molecule has 2 aromatic heterocycles. The molecular formula is C31H28F2N4O4. The summed E-state index contributed by atoms with van der Waals surface area (Å²) in [5.74, 6) is 2.15. The minimum absolute atomic E-state index is 0.00912. The number of hydrogen-bond acceptors (Lipinski definition) is 8. The highest BCUT2D eigenvalue weighted by Gasteiger charge is 2.49. The molecule has 0 bridgehead atoms. The van der Waals surface area contributed by atoms with Crippen LogP contribution in [0.15, 0.2) is 39.5 Å². The van der Waals surface area contributed by atoms with E-state index in [2.05, 4.69) is 20.8 Å². The van der Waals surface area contributed by atoms with E-state index in [1.54, 1.807) is 6.07 Å². The highest BCUT2D eigenvalue weighted by Crippen LogP contribution is 2.41. The van der Waals surface area contributed by atoms with Crippen LogP contribution in [-0.2, 0) is 0 Å². The number of fused-ring (bicyclic) bond motifs is 3. The molecule has 2 aromatic carbocycles. The molecule has 7 rings (SSSR count). The average molecular weight is 559 g/mol. The van der Waals surface area contributed by atoms with Gasteiger partial charge >= 0.3 is 11.6 Å². The molecule has 10 heteroatoms. The molecule has 0 radical (unpaired) electrons. The Bertz CT molecular complexity index is 1820. The predicted molar refractivity (Wildman–Crippen MR) is 151 cm³/mol. The number of aromatic hydroxyl groups is 1. The SMILES string of the molecule is C#Cc1c(F)ccc2cc(O)cc(-c3cc4nc(OC[C@@]56CCCN5CC(F)C6)nc(N5CC[C@H]5C)c4c(=O)o3)c12. The van der Waals surface area contributed by atoms with Gasteiger partial charge in [-0.25, -0.2) is 13.6 Å². The van der Waals surface area contributed by atoms with E-state index in [0.29, 0.717) is 36.1 Å². The van der Waals surface area contributed by atoms with Crippen molar-refractivity contribution in [3.05, 3.63) is 52.1 Å². The second-order valence-electron chi connectivity index (χ2n) is 11.3. The summed E-state index contributed by atoms with van der Waals surface area (Å²) in [6.45, 7) is 4.22. The van der Waals surface area contributed by atoms with Crippen molar-refractivity contribution in [3.8, 4) is 35.4 Å². The van der Waals surface area contributed by atoms with Gasteiger partial charge in [-0.15, -0.1) is 6.42 Å². The van der Waals surface area contributed by atoms with Gasteiger partial charge < -0.3 is 19.2 Å². The van der Waals surface area contributed by atoms with Crippen LogP contribution in [0.1, 0.15) is 38.2 Å². The quantitative estimate of drug-likeness (QED) is 0.350. The summed E-state index contributed by atoms with van der Waals surface area (Å²) in [6.07, 6.45) is 7.92. The van der Waals surface area contributed by atoms with E-state index in [0.717, 1.165) is 25.8 Å². The van der Waals surface area contributed by atoms with Gasteiger partial charge in [-0.1, -0.05) is 12.0 Å².